The lowest BCUT2D eigenvalue weighted by atomic mass is 10.0. The number of carbonyl (C=O) groups excluding carboxylic acids is 1. The van der Waals surface area contributed by atoms with Crippen molar-refractivity contribution in [3.8, 4) is 11.5 Å². The molecule has 0 fully saturated rings. The van der Waals surface area contributed by atoms with Gasteiger partial charge in [-0.25, -0.2) is 4.99 Å². The van der Waals surface area contributed by atoms with E-state index in [1.807, 2.05) is 42.5 Å². The van der Waals surface area contributed by atoms with Crippen molar-refractivity contribution < 1.29 is 14.3 Å². The average Bonchev–Trinajstić information content (AvgIpc) is 2.71. The second-order valence-electron chi connectivity index (χ2n) is 6.85. The summed E-state index contributed by atoms with van der Waals surface area (Å²) in [5.74, 6) is 2.13. The maximum absolute atomic E-state index is 11.4. The van der Waals surface area contributed by atoms with Crippen molar-refractivity contribution in [3.63, 3.8) is 0 Å². The van der Waals surface area contributed by atoms with Crippen LogP contribution in [0.2, 0.25) is 0 Å². The lowest BCUT2D eigenvalue weighted by Crippen LogP contribution is -2.37. The first kappa shape index (κ1) is 21.2. The van der Waals surface area contributed by atoms with Crippen LogP contribution < -0.4 is 25.8 Å². The highest BCUT2D eigenvalue weighted by Gasteiger charge is 2.21. The van der Waals surface area contributed by atoms with Crippen LogP contribution in [0.3, 0.4) is 0 Å². The minimum absolute atomic E-state index is 0. The SMILES string of the molecule is I.NC(=NCCOc1ccc2c(c1)CCC(=O)N2)NC1CCOc2ccccc21. The van der Waals surface area contributed by atoms with Crippen molar-refractivity contribution >= 4 is 41.5 Å². The van der Waals surface area contributed by atoms with Crippen molar-refractivity contribution in [2.45, 2.75) is 25.3 Å². The van der Waals surface area contributed by atoms with Crippen molar-refractivity contribution in [3.05, 3.63) is 53.6 Å². The van der Waals surface area contributed by atoms with Crippen molar-refractivity contribution in [2.75, 3.05) is 25.1 Å². The number of carbonyl (C=O) groups is 1. The summed E-state index contributed by atoms with van der Waals surface area (Å²) in [5.41, 5.74) is 9.11. The van der Waals surface area contributed by atoms with Crippen molar-refractivity contribution in [1.29, 1.82) is 0 Å². The van der Waals surface area contributed by atoms with Gasteiger partial charge in [-0.2, -0.15) is 0 Å². The predicted octanol–water partition coefficient (Wildman–Crippen LogP) is 3.00. The number of para-hydroxylation sites is 1. The number of halogens is 1. The maximum Gasteiger partial charge on any atom is 0.224 e. The minimum Gasteiger partial charge on any atom is -0.493 e. The van der Waals surface area contributed by atoms with E-state index in [0.29, 0.717) is 32.1 Å². The molecule has 4 rings (SSSR count). The van der Waals surface area contributed by atoms with Gasteiger partial charge in [0.25, 0.3) is 0 Å². The molecule has 4 N–H and O–H groups in total. The third kappa shape index (κ3) is 5.31. The van der Waals surface area contributed by atoms with Gasteiger partial charge in [-0.3, -0.25) is 4.79 Å². The molecule has 0 saturated heterocycles. The van der Waals surface area contributed by atoms with Crippen LogP contribution in [0, 0.1) is 0 Å². The number of aryl methyl sites for hydroxylation is 1. The summed E-state index contributed by atoms with van der Waals surface area (Å²) in [6.07, 6.45) is 2.09. The summed E-state index contributed by atoms with van der Waals surface area (Å²) in [7, 11) is 0. The lowest BCUT2D eigenvalue weighted by Gasteiger charge is -2.26. The summed E-state index contributed by atoms with van der Waals surface area (Å²) in [6, 6.07) is 13.8. The van der Waals surface area contributed by atoms with E-state index in [9.17, 15) is 4.79 Å². The Bertz CT molecular complexity index is 903. The molecule has 2 aliphatic rings. The molecule has 154 valence electrons. The zero-order valence-electron chi connectivity index (χ0n) is 16.0. The maximum atomic E-state index is 11.4. The summed E-state index contributed by atoms with van der Waals surface area (Å²) in [5, 5.41) is 6.14. The zero-order valence-corrected chi connectivity index (χ0v) is 18.3. The molecule has 1 atom stereocenters. The van der Waals surface area contributed by atoms with E-state index in [1.165, 1.54) is 0 Å². The number of nitrogens with one attached hydrogen (secondary N) is 2. The number of hydrogen-bond donors (Lipinski definition) is 3. The van der Waals surface area contributed by atoms with Gasteiger partial charge in [0.1, 0.15) is 18.1 Å². The first-order valence-corrected chi connectivity index (χ1v) is 9.53. The molecule has 0 spiro atoms. The fourth-order valence-electron chi connectivity index (χ4n) is 3.50. The van der Waals surface area contributed by atoms with Gasteiger partial charge in [-0.05, 0) is 36.2 Å². The molecule has 0 radical (unpaired) electrons. The monoisotopic (exact) mass is 508 g/mol. The van der Waals surface area contributed by atoms with Gasteiger partial charge in [0.15, 0.2) is 5.96 Å². The number of hydrogen-bond acceptors (Lipinski definition) is 4. The molecule has 8 heteroatoms. The largest absolute Gasteiger partial charge is 0.493 e. The summed E-state index contributed by atoms with van der Waals surface area (Å²) < 4.78 is 11.4. The molecule has 2 aromatic carbocycles. The molecular weight excluding hydrogens is 483 g/mol. The molecule has 2 aromatic rings. The number of benzene rings is 2. The highest BCUT2D eigenvalue weighted by atomic mass is 127. The first-order chi connectivity index (χ1) is 13.7. The molecule has 0 saturated carbocycles. The Balaban J connectivity index is 0.00000240. The van der Waals surface area contributed by atoms with Gasteiger partial charge < -0.3 is 25.8 Å². The lowest BCUT2D eigenvalue weighted by molar-refractivity contribution is -0.116. The van der Waals surface area contributed by atoms with Crippen LogP contribution in [0.25, 0.3) is 0 Å². The van der Waals surface area contributed by atoms with E-state index in [2.05, 4.69) is 15.6 Å². The molecule has 0 aromatic heterocycles. The van der Waals surface area contributed by atoms with Gasteiger partial charge >= 0.3 is 0 Å². The summed E-state index contributed by atoms with van der Waals surface area (Å²) in [6.45, 7) is 1.54. The Morgan fingerprint density at radius 1 is 1.28 bits per heavy atom. The van der Waals surface area contributed by atoms with Crippen LogP contribution in [0.5, 0.6) is 11.5 Å². The average molecular weight is 508 g/mol. The molecule has 0 bridgehead atoms. The number of anilines is 1. The van der Waals surface area contributed by atoms with Crippen LogP contribution in [-0.4, -0.2) is 31.6 Å². The number of ether oxygens (including phenoxy) is 2. The minimum atomic E-state index is 0. The number of rotatable bonds is 5. The van der Waals surface area contributed by atoms with Crippen LogP contribution in [-0.2, 0) is 11.2 Å². The number of amides is 1. The highest BCUT2D eigenvalue weighted by molar-refractivity contribution is 14.0. The summed E-state index contributed by atoms with van der Waals surface area (Å²) >= 11 is 0. The molecule has 2 heterocycles. The number of fused-ring (bicyclic) bond motifs is 2. The molecular formula is C21H25IN4O3. The van der Waals surface area contributed by atoms with Crippen LogP contribution in [0.4, 0.5) is 5.69 Å². The molecule has 29 heavy (non-hydrogen) atoms. The normalized spacial score (nSPS) is 17.7. The molecule has 7 nitrogen and oxygen atoms in total. The summed E-state index contributed by atoms with van der Waals surface area (Å²) in [4.78, 5) is 15.8. The van der Waals surface area contributed by atoms with Crippen LogP contribution in [0.15, 0.2) is 47.5 Å². The van der Waals surface area contributed by atoms with Crippen molar-refractivity contribution in [1.82, 2.24) is 5.32 Å². The van der Waals surface area contributed by atoms with Crippen LogP contribution >= 0.6 is 24.0 Å². The quantitative estimate of drug-likeness (QED) is 0.250. The number of nitrogens with two attached hydrogens (primary N) is 1. The van der Waals surface area contributed by atoms with Gasteiger partial charge in [0.2, 0.25) is 5.91 Å². The third-order valence-electron chi connectivity index (χ3n) is 4.89. The van der Waals surface area contributed by atoms with Gasteiger partial charge in [0.05, 0.1) is 19.2 Å². The standard InChI is InChI=1S/C21H24N4O3.HI/c22-21(25-18-9-11-28-19-4-2-1-3-16(18)19)23-10-12-27-15-6-7-17-14(13-15)5-8-20(26)24-17;/h1-4,6-7,13,18H,5,8-12H2,(H,24,26)(H3,22,23,25);1H. The number of guanidine groups is 1. The number of nitrogens with zero attached hydrogens (tertiary/aromatic N) is 1. The second-order valence-corrected chi connectivity index (χ2v) is 6.85. The molecule has 2 aliphatic heterocycles. The first-order valence-electron chi connectivity index (χ1n) is 9.53. The van der Waals surface area contributed by atoms with E-state index >= 15 is 0 Å². The molecule has 0 aliphatic carbocycles. The zero-order chi connectivity index (χ0) is 19.3. The van der Waals surface area contributed by atoms with E-state index in [-0.39, 0.29) is 35.9 Å². The molecule has 1 amide bonds. The van der Waals surface area contributed by atoms with Gasteiger partial charge in [-0.1, -0.05) is 18.2 Å². The Morgan fingerprint density at radius 2 is 2.14 bits per heavy atom. The second kappa shape index (κ2) is 9.82. The number of aliphatic imine (C=N–C) groups is 1. The predicted molar refractivity (Wildman–Crippen MR) is 123 cm³/mol. The van der Waals surface area contributed by atoms with E-state index in [4.69, 9.17) is 15.2 Å². The Kier molecular flexibility index (Phi) is 7.18. The van der Waals surface area contributed by atoms with Crippen LogP contribution in [0.1, 0.15) is 30.0 Å². The Morgan fingerprint density at radius 3 is 3.03 bits per heavy atom. The van der Waals surface area contributed by atoms with Gasteiger partial charge in [-0.15, -0.1) is 24.0 Å². The Hall–Kier alpha value is -2.49. The van der Waals surface area contributed by atoms with Crippen molar-refractivity contribution in [2.24, 2.45) is 10.7 Å². The van der Waals surface area contributed by atoms with E-state index < -0.39 is 0 Å². The highest BCUT2D eigenvalue weighted by Crippen LogP contribution is 2.31. The molecule has 1 unspecified atom stereocenters. The fraction of sp³-hybridized carbons (Fsp3) is 0.333. The third-order valence-corrected chi connectivity index (χ3v) is 4.89. The van der Waals surface area contributed by atoms with E-state index in [0.717, 1.165) is 41.2 Å². The smallest absolute Gasteiger partial charge is 0.224 e. The Labute approximate surface area is 187 Å². The fourth-order valence-corrected chi connectivity index (χ4v) is 3.50. The van der Waals surface area contributed by atoms with E-state index in [1.54, 1.807) is 0 Å². The topological polar surface area (TPSA) is 98.0 Å². The van der Waals surface area contributed by atoms with Gasteiger partial charge in [0, 0.05) is 24.1 Å².